The Kier molecular flexibility index (Phi) is 8.45. The van der Waals surface area contributed by atoms with Crippen molar-refractivity contribution in [1.82, 2.24) is 24.7 Å². The number of nitrogens with zero attached hydrogens (tertiary/aromatic N) is 6. The van der Waals surface area contributed by atoms with Crippen LogP contribution in [0.4, 0.5) is 0 Å². The Morgan fingerprint density at radius 2 is 1.65 bits per heavy atom. The molecule has 12 nitrogen and oxygen atoms in total. The summed E-state index contributed by atoms with van der Waals surface area (Å²) in [6.45, 7) is 9.80. The van der Waals surface area contributed by atoms with Crippen LogP contribution in [0.25, 0.3) is 45.1 Å². The number of hydrogen-bond donors (Lipinski definition) is 2. The molecule has 0 spiro atoms. The van der Waals surface area contributed by atoms with Crippen molar-refractivity contribution in [2.24, 2.45) is 5.41 Å². The molecular formula is C40H40N6O6. The molecule has 3 aliphatic rings. The predicted molar refractivity (Wildman–Crippen MR) is 192 cm³/mol. The topological polar surface area (TPSA) is 160 Å². The van der Waals surface area contributed by atoms with Gasteiger partial charge in [-0.1, -0.05) is 24.3 Å². The molecule has 5 heterocycles. The molecule has 2 fully saturated rings. The number of aliphatic carboxylic acids is 1. The van der Waals surface area contributed by atoms with Gasteiger partial charge in [-0.15, -0.1) is 0 Å². The molecule has 2 saturated heterocycles. The Hall–Kier alpha value is -5.35. The maximum absolute atomic E-state index is 12.9. The van der Waals surface area contributed by atoms with E-state index in [2.05, 4.69) is 23.1 Å². The van der Waals surface area contributed by atoms with Gasteiger partial charge in [-0.2, -0.15) is 5.26 Å². The van der Waals surface area contributed by atoms with Crippen LogP contribution >= 0.6 is 0 Å². The number of hydrogen-bond acceptors (Lipinski definition) is 10. The molecule has 52 heavy (non-hydrogen) atoms. The van der Waals surface area contributed by atoms with Crippen LogP contribution in [-0.2, 0) is 29.2 Å². The highest BCUT2D eigenvalue weighted by Crippen LogP contribution is 2.39. The van der Waals surface area contributed by atoms with Gasteiger partial charge in [0, 0.05) is 37.3 Å². The molecule has 1 amide bonds. The second kappa shape index (κ2) is 13.0. The van der Waals surface area contributed by atoms with Crippen molar-refractivity contribution in [2.45, 2.75) is 59.4 Å². The number of carboxylic acids is 1. The highest BCUT2D eigenvalue weighted by atomic mass is 16.4. The zero-order chi connectivity index (χ0) is 36.3. The molecule has 0 aliphatic carbocycles. The molecule has 5 aromatic rings. The lowest BCUT2D eigenvalue weighted by Crippen LogP contribution is -2.37. The third kappa shape index (κ3) is 6.04. The van der Waals surface area contributed by atoms with Crippen LogP contribution in [0.3, 0.4) is 0 Å². The first-order valence-corrected chi connectivity index (χ1v) is 17.7. The van der Waals surface area contributed by atoms with Gasteiger partial charge in [0.25, 0.3) is 0 Å². The van der Waals surface area contributed by atoms with Gasteiger partial charge in [0.15, 0.2) is 5.58 Å². The molecule has 0 unspecified atom stereocenters. The van der Waals surface area contributed by atoms with Crippen LogP contribution in [0, 0.1) is 30.6 Å². The van der Waals surface area contributed by atoms with Crippen molar-refractivity contribution in [3.63, 3.8) is 0 Å². The number of likely N-dealkylation sites (tertiary alicyclic amines) is 2. The lowest BCUT2D eigenvalue weighted by atomic mass is 9.90. The van der Waals surface area contributed by atoms with Gasteiger partial charge in [-0.3, -0.25) is 19.4 Å². The van der Waals surface area contributed by atoms with E-state index in [9.17, 15) is 25.1 Å². The molecule has 3 aromatic carbocycles. The molecule has 8 rings (SSSR count). The molecule has 0 saturated carbocycles. The van der Waals surface area contributed by atoms with Crippen LogP contribution in [0.15, 0.2) is 57.4 Å². The van der Waals surface area contributed by atoms with E-state index in [-0.39, 0.29) is 18.6 Å². The molecule has 0 radical (unpaired) electrons. The van der Waals surface area contributed by atoms with Crippen LogP contribution in [0.1, 0.15) is 53.5 Å². The normalized spacial score (nSPS) is 20.5. The van der Waals surface area contributed by atoms with Gasteiger partial charge >= 0.3 is 5.97 Å². The molecule has 12 heteroatoms. The Morgan fingerprint density at radius 3 is 2.27 bits per heavy atom. The Balaban J connectivity index is 1.04. The van der Waals surface area contributed by atoms with Crippen molar-refractivity contribution in [3.05, 3.63) is 82.2 Å². The number of aliphatic hydroxyl groups is 1. The summed E-state index contributed by atoms with van der Waals surface area (Å²) in [4.78, 5) is 40.2. The number of aromatic nitrogens is 2. The summed E-state index contributed by atoms with van der Waals surface area (Å²) in [5.41, 5.74) is 7.92. The third-order valence-electron chi connectivity index (χ3n) is 11.0. The second-order valence-corrected chi connectivity index (χ2v) is 14.7. The summed E-state index contributed by atoms with van der Waals surface area (Å²) in [6, 6.07) is 18.0. The van der Waals surface area contributed by atoms with Gasteiger partial charge in [0.1, 0.15) is 23.0 Å². The summed E-state index contributed by atoms with van der Waals surface area (Å²) >= 11 is 0. The molecule has 266 valence electrons. The first-order chi connectivity index (χ1) is 25.0. The summed E-state index contributed by atoms with van der Waals surface area (Å²) in [6.07, 6.45) is 0.909. The van der Waals surface area contributed by atoms with E-state index in [1.807, 2.05) is 49.1 Å². The Labute approximate surface area is 300 Å². The molecule has 2 aromatic heterocycles. The van der Waals surface area contributed by atoms with Crippen LogP contribution in [-0.4, -0.2) is 85.6 Å². The third-order valence-corrected chi connectivity index (χ3v) is 11.0. The van der Waals surface area contributed by atoms with Gasteiger partial charge in [0.2, 0.25) is 17.7 Å². The van der Waals surface area contributed by atoms with Crippen LogP contribution < -0.4 is 0 Å². The fraction of sp³-hybridized carbons (Fsp3) is 0.375. The minimum Gasteiger partial charge on any atom is -0.481 e. The van der Waals surface area contributed by atoms with Crippen molar-refractivity contribution in [1.29, 1.82) is 5.26 Å². The first-order valence-electron chi connectivity index (χ1n) is 17.7. The maximum Gasteiger partial charge on any atom is 0.310 e. The van der Waals surface area contributed by atoms with E-state index >= 15 is 0 Å². The maximum atomic E-state index is 12.9. The number of carboxylic acid groups (broad SMARTS) is 1. The summed E-state index contributed by atoms with van der Waals surface area (Å²) in [7, 11) is 0. The number of oxazole rings is 2. The van der Waals surface area contributed by atoms with E-state index in [0.29, 0.717) is 86.3 Å². The van der Waals surface area contributed by atoms with E-state index in [1.54, 1.807) is 17.9 Å². The highest BCUT2D eigenvalue weighted by Gasteiger charge is 2.40. The number of aliphatic hydroxyl groups excluding tert-OH is 1. The van der Waals surface area contributed by atoms with E-state index < -0.39 is 11.4 Å². The lowest BCUT2D eigenvalue weighted by molar-refractivity contribution is -0.147. The fourth-order valence-corrected chi connectivity index (χ4v) is 7.90. The van der Waals surface area contributed by atoms with E-state index in [1.165, 1.54) is 0 Å². The van der Waals surface area contributed by atoms with Crippen LogP contribution in [0.2, 0.25) is 0 Å². The average Bonchev–Trinajstić information content (AvgIpc) is 3.95. The van der Waals surface area contributed by atoms with Crippen molar-refractivity contribution >= 4 is 23.0 Å². The quantitative estimate of drug-likeness (QED) is 0.210. The molecule has 0 bridgehead atoms. The smallest absolute Gasteiger partial charge is 0.310 e. The zero-order valence-electron chi connectivity index (χ0n) is 29.5. The Morgan fingerprint density at radius 1 is 0.962 bits per heavy atom. The van der Waals surface area contributed by atoms with Crippen molar-refractivity contribution in [3.8, 4) is 40.1 Å². The highest BCUT2D eigenvalue weighted by molar-refractivity contribution is 5.85. The first kappa shape index (κ1) is 33.8. The standard InChI is InChI=1S/C40H40N6O6/c1-23-28(6-4-8-30(23)37-43-33-19-46(20-34(33)51-37)35(48)21-44-12-10-27(47)18-44)29-7-5-9-31(24(29)2)38-42-32-15-25(14-26(16-41)36(32)52-38)17-45-13-11-40(3,22-45)39(49)50/h4-9,14-15,27,47H,10-13,17-22H2,1-3H3,(H,49,50)/t27-,40-/m1/s1. The zero-order valence-corrected chi connectivity index (χ0v) is 29.5. The number of fused-ring (bicyclic) bond motifs is 2. The number of carbonyl (C=O) groups excluding carboxylic acids is 1. The lowest BCUT2D eigenvalue weighted by Gasteiger charge is -2.20. The fourth-order valence-electron chi connectivity index (χ4n) is 7.90. The average molecular weight is 701 g/mol. The Bertz CT molecular complexity index is 2260. The largest absolute Gasteiger partial charge is 0.481 e. The number of carbonyl (C=O) groups is 2. The number of β-amino-alcohol motifs (C(OH)–C–C–N with tert-alkyl or cyclic N) is 1. The van der Waals surface area contributed by atoms with E-state index in [0.717, 1.165) is 51.2 Å². The second-order valence-electron chi connectivity index (χ2n) is 14.7. The molecular weight excluding hydrogens is 660 g/mol. The molecule has 3 aliphatic heterocycles. The van der Waals surface area contributed by atoms with Crippen molar-refractivity contribution < 1.29 is 28.6 Å². The summed E-state index contributed by atoms with van der Waals surface area (Å²) in [5.74, 6) is 0.853. The molecule has 2 N–H and O–H groups in total. The predicted octanol–water partition coefficient (Wildman–Crippen LogP) is 5.51. The minimum absolute atomic E-state index is 0.00725. The van der Waals surface area contributed by atoms with E-state index in [4.69, 9.17) is 18.8 Å². The SMILES string of the molecule is Cc1c(-c2nc3c(o2)CN(C(=O)CN2CC[C@@H](O)C2)C3)cccc1-c1cccc(-c2nc3cc(CN4CC[C@@](C)(C(=O)O)C4)cc(C#N)c3o2)c1C. The summed E-state index contributed by atoms with van der Waals surface area (Å²) < 4.78 is 12.5. The number of nitriles is 1. The van der Waals surface area contributed by atoms with Gasteiger partial charge in [-0.25, -0.2) is 9.97 Å². The van der Waals surface area contributed by atoms with Gasteiger partial charge < -0.3 is 23.9 Å². The number of rotatable bonds is 8. The molecule has 2 atom stereocenters. The van der Waals surface area contributed by atoms with Gasteiger partial charge in [0.05, 0.1) is 36.7 Å². The van der Waals surface area contributed by atoms with Crippen molar-refractivity contribution in [2.75, 3.05) is 32.7 Å². The minimum atomic E-state index is -0.790. The number of benzene rings is 3. The monoisotopic (exact) mass is 700 g/mol. The van der Waals surface area contributed by atoms with Crippen LogP contribution in [0.5, 0.6) is 0 Å². The number of amides is 1. The van der Waals surface area contributed by atoms with Gasteiger partial charge in [-0.05, 0) is 92.2 Å². The summed E-state index contributed by atoms with van der Waals surface area (Å²) in [5, 5.41) is 29.5.